The molecule has 2 aromatic rings. The van der Waals surface area contributed by atoms with Crippen LogP contribution in [-0.4, -0.2) is 16.1 Å². The highest BCUT2D eigenvalue weighted by molar-refractivity contribution is 9.10. The number of hydrogen-bond donors (Lipinski definition) is 1. The van der Waals surface area contributed by atoms with Gasteiger partial charge in [-0.2, -0.15) is 0 Å². The molecule has 1 aromatic heterocycles. The highest BCUT2D eigenvalue weighted by Gasteiger charge is 2.06. The van der Waals surface area contributed by atoms with Gasteiger partial charge in [0, 0.05) is 10.7 Å². The number of halogens is 1. The molecule has 5 heteroatoms. The number of carboxylic acids is 1. The Kier molecular flexibility index (Phi) is 4.16. The third-order valence-electron chi connectivity index (χ3n) is 2.59. The number of aromatic nitrogens is 1. The molecule has 1 heterocycles. The van der Waals surface area contributed by atoms with E-state index < -0.39 is 5.97 Å². The van der Waals surface area contributed by atoms with Gasteiger partial charge in [-0.05, 0) is 42.3 Å². The van der Waals surface area contributed by atoms with Gasteiger partial charge in [0.25, 0.3) is 0 Å². The average Bonchev–Trinajstić information content (AvgIpc) is 2.40. The molecule has 98 valence electrons. The molecule has 0 unspecified atom stereocenters. The topological polar surface area (TPSA) is 59.4 Å². The second-order valence-electron chi connectivity index (χ2n) is 4.05. The van der Waals surface area contributed by atoms with E-state index in [1.165, 1.54) is 12.3 Å². The zero-order chi connectivity index (χ0) is 13.8. The number of pyridine rings is 1. The van der Waals surface area contributed by atoms with Crippen LogP contribution in [0.1, 0.15) is 21.6 Å². The minimum absolute atomic E-state index is 0.0204. The number of aryl methyl sites for hydroxylation is 1. The van der Waals surface area contributed by atoms with Gasteiger partial charge in [0.2, 0.25) is 0 Å². The SMILES string of the molecule is Cc1ccc(Br)cc1OCc1ccnc(C(=O)O)c1. The van der Waals surface area contributed by atoms with E-state index in [-0.39, 0.29) is 5.69 Å². The number of benzene rings is 1. The van der Waals surface area contributed by atoms with Crippen molar-refractivity contribution in [2.24, 2.45) is 0 Å². The van der Waals surface area contributed by atoms with Crippen LogP contribution in [-0.2, 0) is 6.61 Å². The third-order valence-corrected chi connectivity index (χ3v) is 3.08. The van der Waals surface area contributed by atoms with Gasteiger partial charge in [-0.3, -0.25) is 0 Å². The van der Waals surface area contributed by atoms with E-state index in [2.05, 4.69) is 20.9 Å². The lowest BCUT2D eigenvalue weighted by Gasteiger charge is -2.09. The van der Waals surface area contributed by atoms with Crippen LogP contribution < -0.4 is 4.74 Å². The molecule has 1 aromatic carbocycles. The van der Waals surface area contributed by atoms with Crippen molar-refractivity contribution in [3.63, 3.8) is 0 Å². The molecule has 0 aliphatic rings. The van der Waals surface area contributed by atoms with Gasteiger partial charge in [-0.15, -0.1) is 0 Å². The Bertz CT molecular complexity index is 613. The molecular weight excluding hydrogens is 310 g/mol. The van der Waals surface area contributed by atoms with E-state index in [1.807, 2.05) is 25.1 Å². The molecule has 4 nitrogen and oxygen atoms in total. The summed E-state index contributed by atoms with van der Waals surface area (Å²) in [6.07, 6.45) is 1.47. The Hall–Kier alpha value is -1.88. The molecule has 0 saturated carbocycles. The maximum Gasteiger partial charge on any atom is 0.354 e. The molecule has 0 atom stereocenters. The van der Waals surface area contributed by atoms with E-state index in [9.17, 15) is 4.79 Å². The molecule has 0 spiro atoms. The summed E-state index contributed by atoms with van der Waals surface area (Å²) in [4.78, 5) is 14.6. The number of ether oxygens (including phenoxy) is 1. The first-order valence-electron chi connectivity index (χ1n) is 5.63. The van der Waals surface area contributed by atoms with Crippen LogP contribution in [0.3, 0.4) is 0 Å². The van der Waals surface area contributed by atoms with Gasteiger partial charge in [0.15, 0.2) is 0 Å². The van der Waals surface area contributed by atoms with Crippen LogP contribution in [0.2, 0.25) is 0 Å². The summed E-state index contributed by atoms with van der Waals surface area (Å²) in [5, 5.41) is 8.87. The van der Waals surface area contributed by atoms with E-state index >= 15 is 0 Å². The molecule has 0 radical (unpaired) electrons. The van der Waals surface area contributed by atoms with Gasteiger partial charge in [-0.1, -0.05) is 22.0 Å². The average molecular weight is 322 g/mol. The predicted molar refractivity (Wildman–Crippen MR) is 74.4 cm³/mol. The minimum atomic E-state index is -1.04. The Labute approximate surface area is 119 Å². The molecule has 0 saturated heterocycles. The first-order valence-corrected chi connectivity index (χ1v) is 6.43. The Morgan fingerprint density at radius 2 is 2.16 bits per heavy atom. The van der Waals surface area contributed by atoms with Crippen LogP contribution in [0.4, 0.5) is 0 Å². The zero-order valence-corrected chi connectivity index (χ0v) is 11.8. The number of carboxylic acid groups (broad SMARTS) is 1. The van der Waals surface area contributed by atoms with E-state index in [0.29, 0.717) is 6.61 Å². The Balaban J connectivity index is 2.12. The van der Waals surface area contributed by atoms with Crippen molar-refractivity contribution in [3.8, 4) is 5.75 Å². The maximum absolute atomic E-state index is 10.8. The molecule has 19 heavy (non-hydrogen) atoms. The Morgan fingerprint density at radius 1 is 1.37 bits per heavy atom. The van der Waals surface area contributed by atoms with Gasteiger partial charge in [-0.25, -0.2) is 9.78 Å². The molecular formula is C14H12BrNO3. The molecule has 2 rings (SSSR count). The zero-order valence-electron chi connectivity index (χ0n) is 10.3. The van der Waals surface area contributed by atoms with Crippen molar-refractivity contribution >= 4 is 21.9 Å². The van der Waals surface area contributed by atoms with Crippen LogP contribution in [0.15, 0.2) is 41.0 Å². The lowest BCUT2D eigenvalue weighted by molar-refractivity contribution is 0.0690. The normalized spacial score (nSPS) is 10.2. The van der Waals surface area contributed by atoms with Crippen molar-refractivity contribution in [1.29, 1.82) is 0 Å². The van der Waals surface area contributed by atoms with Crippen LogP contribution in [0.5, 0.6) is 5.75 Å². The monoisotopic (exact) mass is 321 g/mol. The molecule has 0 fully saturated rings. The fourth-order valence-corrected chi connectivity index (χ4v) is 1.91. The summed E-state index contributed by atoms with van der Waals surface area (Å²) < 4.78 is 6.63. The summed E-state index contributed by atoms with van der Waals surface area (Å²) in [6, 6.07) is 9.02. The van der Waals surface area contributed by atoms with Crippen LogP contribution in [0.25, 0.3) is 0 Å². The molecule has 0 aliphatic carbocycles. The predicted octanol–water partition coefficient (Wildman–Crippen LogP) is 3.43. The first-order chi connectivity index (χ1) is 9.06. The van der Waals surface area contributed by atoms with Gasteiger partial charge in [0.1, 0.15) is 18.1 Å². The standard InChI is InChI=1S/C14H12BrNO3/c1-9-2-3-11(15)7-13(9)19-8-10-4-5-16-12(6-10)14(17)18/h2-7H,8H2,1H3,(H,17,18). The Morgan fingerprint density at radius 3 is 2.89 bits per heavy atom. The number of nitrogens with zero attached hydrogens (tertiary/aromatic N) is 1. The van der Waals surface area contributed by atoms with Crippen molar-refractivity contribution in [1.82, 2.24) is 4.98 Å². The number of hydrogen-bond acceptors (Lipinski definition) is 3. The van der Waals surface area contributed by atoms with Crippen molar-refractivity contribution in [3.05, 3.63) is 57.8 Å². The largest absolute Gasteiger partial charge is 0.489 e. The van der Waals surface area contributed by atoms with Crippen LogP contribution >= 0.6 is 15.9 Å². The fraction of sp³-hybridized carbons (Fsp3) is 0.143. The summed E-state index contributed by atoms with van der Waals surface area (Å²) in [7, 11) is 0. The first kappa shape index (κ1) is 13.5. The van der Waals surface area contributed by atoms with E-state index in [1.54, 1.807) is 6.07 Å². The summed E-state index contributed by atoms with van der Waals surface area (Å²) in [5.41, 5.74) is 1.81. The van der Waals surface area contributed by atoms with Crippen molar-refractivity contribution in [2.45, 2.75) is 13.5 Å². The minimum Gasteiger partial charge on any atom is -0.489 e. The second kappa shape index (κ2) is 5.84. The summed E-state index contributed by atoms with van der Waals surface area (Å²) >= 11 is 3.39. The quantitative estimate of drug-likeness (QED) is 0.937. The van der Waals surface area contributed by atoms with Crippen molar-refractivity contribution in [2.75, 3.05) is 0 Å². The smallest absolute Gasteiger partial charge is 0.354 e. The number of rotatable bonds is 4. The number of carbonyl (C=O) groups is 1. The molecule has 0 aliphatic heterocycles. The summed E-state index contributed by atoms with van der Waals surface area (Å²) in [5.74, 6) is -0.274. The lowest BCUT2D eigenvalue weighted by atomic mass is 10.2. The molecule has 0 amide bonds. The summed E-state index contributed by atoms with van der Waals surface area (Å²) in [6.45, 7) is 2.26. The number of aromatic carboxylic acids is 1. The highest BCUT2D eigenvalue weighted by atomic mass is 79.9. The third kappa shape index (κ3) is 3.54. The fourth-order valence-electron chi connectivity index (χ4n) is 1.57. The van der Waals surface area contributed by atoms with Crippen molar-refractivity contribution < 1.29 is 14.6 Å². The van der Waals surface area contributed by atoms with Crippen LogP contribution in [0, 0.1) is 6.92 Å². The molecule has 0 bridgehead atoms. The van der Waals surface area contributed by atoms with Gasteiger partial charge < -0.3 is 9.84 Å². The molecule has 1 N–H and O–H groups in total. The highest BCUT2D eigenvalue weighted by Crippen LogP contribution is 2.23. The van der Waals surface area contributed by atoms with E-state index in [4.69, 9.17) is 9.84 Å². The van der Waals surface area contributed by atoms with E-state index in [0.717, 1.165) is 21.3 Å². The maximum atomic E-state index is 10.8. The van der Waals surface area contributed by atoms with Gasteiger partial charge >= 0.3 is 5.97 Å². The lowest BCUT2D eigenvalue weighted by Crippen LogP contribution is -2.03. The second-order valence-corrected chi connectivity index (χ2v) is 4.97. The van der Waals surface area contributed by atoms with Gasteiger partial charge in [0.05, 0.1) is 0 Å².